The van der Waals surface area contributed by atoms with E-state index in [0.29, 0.717) is 6.42 Å². The summed E-state index contributed by atoms with van der Waals surface area (Å²) in [6, 6.07) is 2.50. The van der Waals surface area contributed by atoms with Crippen LogP contribution < -0.4 is 5.32 Å². The van der Waals surface area contributed by atoms with Gasteiger partial charge in [0.25, 0.3) is 11.8 Å². The predicted molar refractivity (Wildman–Crippen MR) is 92.3 cm³/mol. The number of carbonyl (C=O) groups is 2. The topological polar surface area (TPSA) is 86.1 Å². The molecule has 2 amide bonds. The van der Waals surface area contributed by atoms with Crippen LogP contribution in [0.3, 0.4) is 0 Å². The molecule has 26 heavy (non-hydrogen) atoms. The van der Waals surface area contributed by atoms with Gasteiger partial charge in [-0.05, 0) is 22.4 Å². The Morgan fingerprint density at radius 1 is 1.46 bits per heavy atom. The van der Waals surface area contributed by atoms with Gasteiger partial charge in [-0.3, -0.25) is 9.59 Å². The van der Waals surface area contributed by atoms with Gasteiger partial charge in [-0.15, -0.1) is 11.3 Å². The molecule has 1 atom stereocenters. The van der Waals surface area contributed by atoms with Crippen LogP contribution in [0.2, 0.25) is 0 Å². The molecule has 2 aromatic rings. The van der Waals surface area contributed by atoms with Crippen molar-refractivity contribution in [1.82, 2.24) is 15.2 Å². The molecule has 1 N–H and O–H groups in total. The molecule has 3 rings (SSSR count). The van der Waals surface area contributed by atoms with Crippen molar-refractivity contribution in [1.29, 1.82) is 5.26 Å². The summed E-state index contributed by atoms with van der Waals surface area (Å²) in [5.41, 5.74) is 1.28. The highest BCUT2D eigenvalue weighted by molar-refractivity contribution is 7.10. The SMILES string of the molecule is N#C[C@@H]1CC(F)(F)CN1C(=O)CNC(=O)c1csc(Cc2ccsc2)n1. The standard InChI is InChI=1S/C16H14F2N4O2S2/c17-16(18)4-11(5-19)22(9-16)14(23)6-20-15(24)12-8-26-13(21-12)3-10-1-2-25-7-10/h1-2,7-8,11H,3-4,6,9H2,(H,20,24)/t11-/m0/s1. The number of halogens is 2. The maximum Gasteiger partial charge on any atom is 0.271 e. The first-order valence-corrected chi connectivity index (χ1v) is 9.51. The number of aromatic nitrogens is 1. The van der Waals surface area contributed by atoms with Crippen LogP contribution >= 0.6 is 22.7 Å². The van der Waals surface area contributed by atoms with E-state index in [0.717, 1.165) is 15.5 Å². The van der Waals surface area contributed by atoms with Gasteiger partial charge in [0.05, 0.1) is 24.2 Å². The average Bonchev–Trinajstić information content (AvgIpc) is 3.32. The summed E-state index contributed by atoms with van der Waals surface area (Å²) in [7, 11) is 0. The molecule has 3 heterocycles. The van der Waals surface area contributed by atoms with E-state index in [9.17, 15) is 18.4 Å². The summed E-state index contributed by atoms with van der Waals surface area (Å²) in [6.07, 6.45) is -0.0612. The molecule has 136 valence electrons. The largest absolute Gasteiger partial charge is 0.342 e. The van der Waals surface area contributed by atoms with E-state index in [1.807, 2.05) is 16.8 Å². The maximum atomic E-state index is 13.4. The Balaban J connectivity index is 1.55. The van der Waals surface area contributed by atoms with Crippen LogP contribution in [0.1, 0.15) is 27.5 Å². The smallest absolute Gasteiger partial charge is 0.271 e. The van der Waals surface area contributed by atoms with Crippen molar-refractivity contribution in [2.45, 2.75) is 24.8 Å². The number of nitriles is 1. The van der Waals surface area contributed by atoms with Crippen molar-refractivity contribution in [3.05, 3.63) is 38.5 Å². The van der Waals surface area contributed by atoms with Crippen molar-refractivity contribution < 1.29 is 18.4 Å². The van der Waals surface area contributed by atoms with Gasteiger partial charge in [0.15, 0.2) is 0 Å². The van der Waals surface area contributed by atoms with E-state index in [-0.39, 0.29) is 5.69 Å². The summed E-state index contributed by atoms with van der Waals surface area (Å²) in [5.74, 6) is -4.34. The van der Waals surface area contributed by atoms with Crippen molar-refractivity contribution in [3.63, 3.8) is 0 Å². The van der Waals surface area contributed by atoms with Crippen LogP contribution in [0.15, 0.2) is 22.2 Å². The zero-order valence-corrected chi connectivity index (χ0v) is 15.1. The molecule has 1 fully saturated rings. The van der Waals surface area contributed by atoms with Crippen LogP contribution in [0.5, 0.6) is 0 Å². The van der Waals surface area contributed by atoms with Gasteiger partial charge in [-0.2, -0.15) is 16.6 Å². The number of nitrogens with one attached hydrogen (secondary N) is 1. The summed E-state index contributed by atoms with van der Waals surface area (Å²) in [5, 5.41) is 17.6. The molecule has 0 aliphatic carbocycles. The number of likely N-dealkylation sites (tertiary alicyclic amines) is 1. The molecule has 0 bridgehead atoms. The molecule has 0 unspecified atom stereocenters. The fourth-order valence-corrected chi connectivity index (χ4v) is 4.08. The highest BCUT2D eigenvalue weighted by Crippen LogP contribution is 2.31. The number of rotatable bonds is 5. The summed E-state index contributed by atoms with van der Waals surface area (Å²) in [6.45, 7) is -1.26. The molecule has 6 nitrogen and oxygen atoms in total. The van der Waals surface area contributed by atoms with Crippen LogP contribution in [0, 0.1) is 11.3 Å². The maximum absolute atomic E-state index is 13.4. The number of hydrogen-bond donors (Lipinski definition) is 1. The number of carbonyl (C=O) groups excluding carboxylic acids is 2. The van der Waals surface area contributed by atoms with Gasteiger partial charge in [-0.25, -0.2) is 13.8 Å². The Morgan fingerprint density at radius 2 is 2.27 bits per heavy atom. The lowest BCUT2D eigenvalue weighted by Crippen LogP contribution is -2.43. The molecule has 0 aromatic carbocycles. The molecule has 1 aliphatic rings. The van der Waals surface area contributed by atoms with E-state index < -0.39 is 43.3 Å². The third-order valence-electron chi connectivity index (χ3n) is 3.86. The lowest BCUT2D eigenvalue weighted by atomic mass is 10.2. The zero-order chi connectivity index (χ0) is 18.7. The Hall–Kier alpha value is -2.38. The van der Waals surface area contributed by atoms with Gasteiger partial charge >= 0.3 is 0 Å². The second-order valence-corrected chi connectivity index (χ2v) is 7.57. The Bertz CT molecular complexity index is 845. The van der Waals surface area contributed by atoms with E-state index in [4.69, 9.17) is 5.26 Å². The van der Waals surface area contributed by atoms with Crippen LogP contribution in [0.25, 0.3) is 0 Å². The quantitative estimate of drug-likeness (QED) is 0.840. The minimum atomic E-state index is -3.08. The molecule has 1 aliphatic heterocycles. The molecule has 0 spiro atoms. The average molecular weight is 396 g/mol. The van der Waals surface area contributed by atoms with Gasteiger partial charge in [0, 0.05) is 18.2 Å². The highest BCUT2D eigenvalue weighted by Gasteiger charge is 2.47. The number of thiazole rings is 1. The number of thiophene rings is 1. The van der Waals surface area contributed by atoms with Crippen molar-refractivity contribution in [2.24, 2.45) is 0 Å². The van der Waals surface area contributed by atoms with Crippen molar-refractivity contribution in [2.75, 3.05) is 13.1 Å². The lowest BCUT2D eigenvalue weighted by Gasteiger charge is -2.19. The van der Waals surface area contributed by atoms with Crippen molar-refractivity contribution in [3.8, 4) is 6.07 Å². The highest BCUT2D eigenvalue weighted by atomic mass is 32.1. The fraction of sp³-hybridized carbons (Fsp3) is 0.375. The fourth-order valence-electron chi connectivity index (χ4n) is 2.61. The Labute approximate surface area is 156 Å². The first-order valence-electron chi connectivity index (χ1n) is 7.68. The van der Waals surface area contributed by atoms with E-state index in [1.54, 1.807) is 22.8 Å². The molecule has 0 radical (unpaired) electrons. The van der Waals surface area contributed by atoms with Gasteiger partial charge in [0.2, 0.25) is 5.91 Å². The Morgan fingerprint density at radius 3 is 2.96 bits per heavy atom. The number of nitrogens with zero attached hydrogens (tertiary/aromatic N) is 3. The number of alkyl halides is 2. The number of hydrogen-bond acceptors (Lipinski definition) is 6. The van der Waals surface area contributed by atoms with E-state index >= 15 is 0 Å². The van der Waals surface area contributed by atoms with Crippen LogP contribution in [0.4, 0.5) is 8.78 Å². The first-order chi connectivity index (χ1) is 12.4. The third kappa shape index (κ3) is 4.23. The first kappa shape index (κ1) is 18.4. The van der Waals surface area contributed by atoms with E-state index in [2.05, 4.69) is 10.3 Å². The molecule has 10 heteroatoms. The molecule has 0 saturated carbocycles. The zero-order valence-electron chi connectivity index (χ0n) is 13.4. The molecule has 1 saturated heterocycles. The summed E-state index contributed by atoms with van der Waals surface area (Å²) in [4.78, 5) is 29.2. The van der Waals surface area contributed by atoms with Gasteiger partial charge < -0.3 is 10.2 Å². The molecular weight excluding hydrogens is 382 g/mol. The van der Waals surface area contributed by atoms with Crippen LogP contribution in [-0.4, -0.2) is 46.8 Å². The molecule has 2 aromatic heterocycles. The van der Waals surface area contributed by atoms with Gasteiger partial charge in [-0.1, -0.05) is 0 Å². The van der Waals surface area contributed by atoms with E-state index in [1.165, 1.54) is 11.3 Å². The predicted octanol–water partition coefficient (Wildman–Crippen LogP) is 2.28. The summed E-state index contributed by atoms with van der Waals surface area (Å²) >= 11 is 2.91. The minimum absolute atomic E-state index is 0.177. The second-order valence-electron chi connectivity index (χ2n) is 5.84. The van der Waals surface area contributed by atoms with Crippen LogP contribution in [-0.2, 0) is 11.2 Å². The normalized spacial score (nSPS) is 18.5. The minimum Gasteiger partial charge on any atom is -0.342 e. The Kier molecular flexibility index (Phi) is 5.29. The van der Waals surface area contributed by atoms with Gasteiger partial charge in [0.1, 0.15) is 11.7 Å². The van der Waals surface area contributed by atoms with Crippen molar-refractivity contribution >= 4 is 34.5 Å². The second kappa shape index (κ2) is 7.47. The number of amides is 2. The monoisotopic (exact) mass is 396 g/mol. The summed E-state index contributed by atoms with van der Waals surface area (Å²) < 4.78 is 26.7. The third-order valence-corrected chi connectivity index (χ3v) is 5.44. The molecular formula is C16H14F2N4O2S2. The lowest BCUT2D eigenvalue weighted by molar-refractivity contribution is -0.131.